The summed E-state index contributed by atoms with van der Waals surface area (Å²) in [6.07, 6.45) is 3.42. The molecule has 2 aromatic rings. The molecule has 0 spiro atoms. The highest BCUT2D eigenvalue weighted by atomic mass is 32.1. The standard InChI is InChI=1S/C6H4N3S/c1-2-8-9-5(1)6-7-3-4-10-6/h2-4H,(H,8,9). The third-order valence-electron chi connectivity index (χ3n) is 1.08. The lowest BCUT2D eigenvalue weighted by molar-refractivity contribution is 1.09. The Morgan fingerprint density at radius 2 is 2.60 bits per heavy atom. The number of H-pyrrole nitrogens is 1. The smallest absolute Gasteiger partial charge is 0.144 e. The first kappa shape index (κ1) is 5.61. The molecule has 0 bridgehead atoms. The number of aromatic nitrogens is 3. The molecule has 49 valence electrons. The first-order valence-electron chi connectivity index (χ1n) is 2.78. The van der Waals surface area contributed by atoms with E-state index in [1.54, 1.807) is 23.7 Å². The van der Waals surface area contributed by atoms with Gasteiger partial charge in [0.2, 0.25) is 0 Å². The van der Waals surface area contributed by atoms with E-state index in [4.69, 9.17) is 0 Å². The van der Waals surface area contributed by atoms with Crippen molar-refractivity contribution in [2.24, 2.45) is 0 Å². The second-order valence-corrected chi connectivity index (χ2v) is 2.61. The van der Waals surface area contributed by atoms with Gasteiger partial charge in [-0.1, -0.05) is 0 Å². The van der Waals surface area contributed by atoms with Gasteiger partial charge in [0.05, 0.1) is 0 Å². The molecule has 0 amide bonds. The van der Waals surface area contributed by atoms with Gasteiger partial charge in [0, 0.05) is 23.8 Å². The highest BCUT2D eigenvalue weighted by molar-refractivity contribution is 7.13. The zero-order chi connectivity index (χ0) is 6.81. The molecule has 2 rings (SSSR count). The van der Waals surface area contributed by atoms with E-state index in [-0.39, 0.29) is 0 Å². The van der Waals surface area contributed by atoms with Gasteiger partial charge >= 0.3 is 0 Å². The van der Waals surface area contributed by atoms with Gasteiger partial charge in [0.1, 0.15) is 10.7 Å². The minimum absolute atomic E-state index is 0.787. The van der Waals surface area contributed by atoms with E-state index < -0.39 is 0 Å². The lowest BCUT2D eigenvalue weighted by Crippen LogP contribution is -1.73. The predicted molar refractivity (Wildman–Crippen MR) is 38.5 cm³/mol. The van der Waals surface area contributed by atoms with Crippen LogP contribution in [0.2, 0.25) is 0 Å². The van der Waals surface area contributed by atoms with Crippen LogP contribution in [-0.4, -0.2) is 15.2 Å². The van der Waals surface area contributed by atoms with E-state index in [1.807, 2.05) is 5.38 Å². The molecule has 2 heterocycles. The van der Waals surface area contributed by atoms with Crippen LogP contribution < -0.4 is 0 Å². The van der Waals surface area contributed by atoms with Gasteiger partial charge in [-0.25, -0.2) is 4.98 Å². The zero-order valence-electron chi connectivity index (χ0n) is 5.03. The maximum absolute atomic E-state index is 4.06. The van der Waals surface area contributed by atoms with Crippen LogP contribution in [0.15, 0.2) is 17.8 Å². The molecule has 0 aromatic carbocycles. The topological polar surface area (TPSA) is 41.6 Å². The summed E-state index contributed by atoms with van der Waals surface area (Å²) < 4.78 is 0. The number of nitrogens with one attached hydrogen (secondary N) is 1. The van der Waals surface area contributed by atoms with Crippen molar-refractivity contribution in [3.05, 3.63) is 23.8 Å². The van der Waals surface area contributed by atoms with Gasteiger partial charge in [-0.05, 0) is 0 Å². The van der Waals surface area contributed by atoms with E-state index in [2.05, 4.69) is 21.2 Å². The van der Waals surface area contributed by atoms with Crippen LogP contribution in [0, 0.1) is 6.07 Å². The maximum Gasteiger partial charge on any atom is 0.144 e. The molecule has 3 nitrogen and oxygen atoms in total. The molecule has 0 unspecified atom stereocenters. The van der Waals surface area contributed by atoms with Gasteiger partial charge in [0.15, 0.2) is 0 Å². The number of hydrogen-bond acceptors (Lipinski definition) is 3. The van der Waals surface area contributed by atoms with Crippen molar-refractivity contribution in [3.63, 3.8) is 0 Å². The summed E-state index contributed by atoms with van der Waals surface area (Å²) in [5, 5.41) is 9.42. The average Bonchev–Trinajstić information content (AvgIpc) is 2.59. The molecular formula is C6H4N3S. The lowest BCUT2D eigenvalue weighted by Gasteiger charge is -1.81. The van der Waals surface area contributed by atoms with Crippen molar-refractivity contribution in [1.29, 1.82) is 0 Å². The van der Waals surface area contributed by atoms with Gasteiger partial charge in [-0.2, -0.15) is 5.10 Å². The van der Waals surface area contributed by atoms with Crippen molar-refractivity contribution < 1.29 is 0 Å². The summed E-state index contributed by atoms with van der Waals surface area (Å²) in [5.41, 5.74) is 0.787. The number of thiazole rings is 1. The van der Waals surface area contributed by atoms with Crippen molar-refractivity contribution in [1.82, 2.24) is 15.2 Å². The number of rotatable bonds is 1. The maximum atomic E-state index is 4.06. The normalized spacial score (nSPS) is 10.0. The average molecular weight is 150 g/mol. The lowest BCUT2D eigenvalue weighted by atomic mass is 10.5. The van der Waals surface area contributed by atoms with E-state index in [9.17, 15) is 0 Å². The fourth-order valence-electron chi connectivity index (χ4n) is 0.680. The third-order valence-corrected chi connectivity index (χ3v) is 1.86. The van der Waals surface area contributed by atoms with Gasteiger partial charge in [-0.3, -0.25) is 5.10 Å². The van der Waals surface area contributed by atoms with Crippen LogP contribution in [0.25, 0.3) is 10.7 Å². The molecule has 0 aliphatic carbocycles. The summed E-state index contributed by atoms with van der Waals surface area (Å²) in [6, 6.07) is 2.92. The molecule has 0 fully saturated rings. The van der Waals surface area contributed by atoms with E-state index in [0.717, 1.165) is 10.7 Å². The highest BCUT2D eigenvalue weighted by Crippen LogP contribution is 2.16. The van der Waals surface area contributed by atoms with Crippen LogP contribution in [0.3, 0.4) is 0 Å². The quantitative estimate of drug-likeness (QED) is 0.666. The third kappa shape index (κ3) is 0.823. The Morgan fingerprint density at radius 1 is 1.60 bits per heavy atom. The van der Waals surface area contributed by atoms with Crippen LogP contribution in [0.5, 0.6) is 0 Å². The van der Waals surface area contributed by atoms with E-state index >= 15 is 0 Å². The largest absolute Gasteiger partial charge is 0.284 e. The first-order valence-corrected chi connectivity index (χ1v) is 3.66. The Bertz CT molecular complexity index is 252. The second kappa shape index (κ2) is 2.22. The van der Waals surface area contributed by atoms with Crippen LogP contribution in [0.1, 0.15) is 0 Å². The fraction of sp³-hybridized carbons (Fsp3) is 0. The fourth-order valence-corrected chi connectivity index (χ4v) is 1.27. The highest BCUT2D eigenvalue weighted by Gasteiger charge is 2.00. The first-order chi connectivity index (χ1) is 4.97. The Kier molecular flexibility index (Phi) is 1.25. The molecule has 1 radical (unpaired) electrons. The molecule has 10 heavy (non-hydrogen) atoms. The van der Waals surface area contributed by atoms with Crippen molar-refractivity contribution in [2.75, 3.05) is 0 Å². The number of hydrogen-bond donors (Lipinski definition) is 1. The number of nitrogens with zero attached hydrogens (tertiary/aromatic N) is 2. The van der Waals surface area contributed by atoms with Crippen molar-refractivity contribution in [2.45, 2.75) is 0 Å². The molecule has 4 heteroatoms. The predicted octanol–water partition coefficient (Wildman–Crippen LogP) is 1.33. The Hall–Kier alpha value is -1.16. The Labute approximate surface area is 61.7 Å². The van der Waals surface area contributed by atoms with Crippen molar-refractivity contribution >= 4 is 11.3 Å². The molecular weight excluding hydrogens is 146 g/mol. The zero-order valence-corrected chi connectivity index (χ0v) is 5.85. The van der Waals surface area contributed by atoms with Crippen LogP contribution in [0.4, 0.5) is 0 Å². The summed E-state index contributed by atoms with van der Waals surface area (Å²) >= 11 is 1.56. The van der Waals surface area contributed by atoms with E-state index in [1.165, 1.54) is 0 Å². The van der Waals surface area contributed by atoms with Gasteiger partial charge in [0.25, 0.3) is 0 Å². The summed E-state index contributed by atoms with van der Waals surface area (Å²) in [7, 11) is 0. The molecule has 1 N–H and O–H groups in total. The number of aromatic amines is 1. The molecule has 0 aliphatic heterocycles. The molecule has 0 saturated heterocycles. The van der Waals surface area contributed by atoms with E-state index in [0.29, 0.717) is 0 Å². The Balaban J connectivity index is 2.48. The van der Waals surface area contributed by atoms with Gasteiger partial charge in [-0.15, -0.1) is 11.3 Å². The monoisotopic (exact) mass is 150 g/mol. The molecule has 0 aliphatic rings. The van der Waals surface area contributed by atoms with Crippen molar-refractivity contribution in [3.8, 4) is 10.7 Å². The minimum Gasteiger partial charge on any atom is -0.284 e. The Morgan fingerprint density at radius 3 is 3.20 bits per heavy atom. The minimum atomic E-state index is 0.787. The van der Waals surface area contributed by atoms with Crippen LogP contribution in [-0.2, 0) is 0 Å². The molecule has 0 atom stereocenters. The second-order valence-electron chi connectivity index (χ2n) is 1.72. The molecule has 2 aromatic heterocycles. The summed E-state index contributed by atoms with van der Waals surface area (Å²) in [5.74, 6) is 0. The van der Waals surface area contributed by atoms with Crippen LogP contribution >= 0.6 is 11.3 Å². The van der Waals surface area contributed by atoms with Gasteiger partial charge < -0.3 is 0 Å². The molecule has 0 saturated carbocycles. The summed E-state index contributed by atoms with van der Waals surface area (Å²) in [6.45, 7) is 0. The SMILES string of the molecule is [c]1c[nH]nc1-c1nccs1. The summed E-state index contributed by atoms with van der Waals surface area (Å²) in [4.78, 5) is 4.06.